The van der Waals surface area contributed by atoms with E-state index in [4.69, 9.17) is 5.11 Å². The smallest absolute Gasteiger partial charge is 0.327 e. The lowest BCUT2D eigenvalue weighted by Gasteiger charge is -2.18. The molecule has 1 aromatic heterocycles. The first-order chi connectivity index (χ1) is 8.13. The molecular weight excluding hydrogens is 244 g/mol. The summed E-state index contributed by atoms with van der Waals surface area (Å²) in [5.41, 5.74) is 0. The summed E-state index contributed by atoms with van der Waals surface area (Å²) in [4.78, 5) is 28.2. The maximum atomic E-state index is 12.0. The van der Waals surface area contributed by atoms with E-state index in [-0.39, 0.29) is 5.82 Å². The molecule has 17 heavy (non-hydrogen) atoms. The van der Waals surface area contributed by atoms with E-state index in [1.807, 2.05) is 6.92 Å². The Morgan fingerprint density at radius 1 is 1.65 bits per heavy atom. The molecule has 92 valence electrons. The second-order valence-electron chi connectivity index (χ2n) is 3.59. The lowest BCUT2D eigenvalue weighted by Crippen LogP contribution is -2.42. The van der Waals surface area contributed by atoms with Crippen molar-refractivity contribution in [1.82, 2.24) is 20.1 Å². The Kier molecular flexibility index (Phi) is 3.32. The average Bonchev–Trinajstić information content (AvgIpc) is 2.97. The van der Waals surface area contributed by atoms with E-state index < -0.39 is 17.9 Å². The third-order valence-corrected chi connectivity index (χ3v) is 3.50. The summed E-state index contributed by atoms with van der Waals surface area (Å²) in [5, 5.41) is 15.4. The number of aryl methyl sites for hydroxylation is 1. The lowest BCUT2D eigenvalue weighted by molar-refractivity contribution is -0.140. The summed E-state index contributed by atoms with van der Waals surface area (Å²) in [6.07, 6.45) is 0.650. The molecule has 0 radical (unpaired) electrons. The summed E-state index contributed by atoms with van der Waals surface area (Å²) >= 11 is 1.41. The minimum atomic E-state index is -0.991. The molecule has 2 N–H and O–H groups in total. The summed E-state index contributed by atoms with van der Waals surface area (Å²) in [6.45, 7) is 1.89. The maximum Gasteiger partial charge on any atom is 0.327 e. The highest BCUT2D eigenvalue weighted by molar-refractivity contribution is 7.99. The van der Waals surface area contributed by atoms with E-state index in [0.717, 1.165) is 0 Å². The normalized spacial score (nSPS) is 19.6. The van der Waals surface area contributed by atoms with Gasteiger partial charge in [0.05, 0.1) is 5.88 Å². The quantitative estimate of drug-likeness (QED) is 0.787. The van der Waals surface area contributed by atoms with Gasteiger partial charge in [0.25, 0.3) is 5.91 Å². The van der Waals surface area contributed by atoms with Gasteiger partial charge in [-0.05, 0) is 0 Å². The summed E-state index contributed by atoms with van der Waals surface area (Å²) in [5.74, 6) is 0.00778. The number of hydrogen-bond donors (Lipinski definition) is 2. The number of carbonyl (C=O) groups excluding carboxylic acids is 1. The Bertz CT molecular complexity index is 447. The number of nitrogens with zero attached hydrogens (tertiary/aromatic N) is 3. The van der Waals surface area contributed by atoms with Crippen LogP contribution in [0, 0.1) is 0 Å². The van der Waals surface area contributed by atoms with Gasteiger partial charge in [-0.2, -0.15) is 0 Å². The zero-order valence-electron chi connectivity index (χ0n) is 9.21. The van der Waals surface area contributed by atoms with Gasteiger partial charge in [0.1, 0.15) is 11.9 Å². The Morgan fingerprint density at radius 2 is 2.41 bits per heavy atom. The third-order valence-electron chi connectivity index (χ3n) is 2.49. The van der Waals surface area contributed by atoms with Gasteiger partial charge in [-0.15, -0.1) is 16.9 Å². The van der Waals surface area contributed by atoms with E-state index in [1.165, 1.54) is 16.7 Å². The predicted molar refractivity (Wildman–Crippen MR) is 60.7 cm³/mol. The molecule has 0 saturated carbocycles. The molecule has 0 aromatic carbocycles. The largest absolute Gasteiger partial charge is 0.480 e. The minimum Gasteiger partial charge on any atom is -0.480 e. The number of rotatable bonds is 3. The van der Waals surface area contributed by atoms with Gasteiger partial charge < -0.3 is 10.0 Å². The van der Waals surface area contributed by atoms with Crippen LogP contribution in [0.5, 0.6) is 0 Å². The number of hydrogen-bond acceptors (Lipinski definition) is 5. The fourth-order valence-electron chi connectivity index (χ4n) is 1.52. The number of aromatic amines is 1. The predicted octanol–water partition coefficient (Wildman–Crippen LogP) is -0.0332. The van der Waals surface area contributed by atoms with E-state index >= 15 is 0 Å². The molecule has 2 heterocycles. The molecule has 8 heteroatoms. The highest BCUT2D eigenvalue weighted by atomic mass is 32.2. The summed E-state index contributed by atoms with van der Waals surface area (Å²) in [7, 11) is 0. The summed E-state index contributed by atoms with van der Waals surface area (Å²) < 4.78 is 0. The summed E-state index contributed by atoms with van der Waals surface area (Å²) in [6, 6.07) is -0.781. The minimum absolute atomic E-state index is 0.0376. The van der Waals surface area contributed by atoms with Crippen molar-refractivity contribution in [3.63, 3.8) is 0 Å². The van der Waals surface area contributed by atoms with Crippen molar-refractivity contribution < 1.29 is 14.7 Å². The zero-order chi connectivity index (χ0) is 12.4. The van der Waals surface area contributed by atoms with Crippen LogP contribution in [0.25, 0.3) is 0 Å². The number of aromatic nitrogens is 3. The molecule has 7 nitrogen and oxygen atoms in total. The van der Waals surface area contributed by atoms with Crippen molar-refractivity contribution in [2.45, 2.75) is 19.4 Å². The number of carboxylic acids is 1. The Hall–Kier alpha value is -1.57. The monoisotopic (exact) mass is 256 g/mol. The number of aliphatic carboxylic acids is 1. The molecule has 0 bridgehead atoms. The van der Waals surface area contributed by atoms with Crippen LogP contribution in [0.4, 0.5) is 0 Å². The zero-order valence-corrected chi connectivity index (χ0v) is 10.0. The van der Waals surface area contributed by atoms with Crippen molar-refractivity contribution in [3.05, 3.63) is 11.6 Å². The van der Waals surface area contributed by atoms with Crippen molar-refractivity contribution in [2.75, 3.05) is 11.6 Å². The van der Waals surface area contributed by atoms with Gasteiger partial charge in [-0.1, -0.05) is 6.92 Å². The molecule has 0 unspecified atom stereocenters. The first-order valence-electron chi connectivity index (χ1n) is 5.16. The Balaban J connectivity index is 2.16. The molecule has 1 saturated heterocycles. The Labute approximate surface area is 102 Å². The lowest BCUT2D eigenvalue weighted by atomic mass is 10.3. The fraction of sp³-hybridized carbons (Fsp3) is 0.556. The molecule has 0 spiro atoms. The van der Waals surface area contributed by atoms with Gasteiger partial charge in [0, 0.05) is 12.2 Å². The van der Waals surface area contributed by atoms with Crippen LogP contribution < -0.4 is 0 Å². The van der Waals surface area contributed by atoms with Crippen LogP contribution in [0.1, 0.15) is 23.4 Å². The topological polar surface area (TPSA) is 99.2 Å². The molecule has 2 rings (SSSR count). The molecule has 0 aliphatic carbocycles. The average molecular weight is 256 g/mol. The van der Waals surface area contributed by atoms with Gasteiger partial charge in [0.2, 0.25) is 5.82 Å². The third kappa shape index (κ3) is 2.26. The van der Waals surface area contributed by atoms with Gasteiger partial charge in [-0.25, -0.2) is 9.78 Å². The van der Waals surface area contributed by atoms with Crippen molar-refractivity contribution >= 4 is 23.6 Å². The Morgan fingerprint density at radius 3 is 3.00 bits per heavy atom. The van der Waals surface area contributed by atoms with E-state index in [0.29, 0.717) is 23.9 Å². The van der Waals surface area contributed by atoms with Crippen LogP contribution in [-0.4, -0.2) is 54.7 Å². The number of H-pyrrole nitrogens is 1. The van der Waals surface area contributed by atoms with Crippen LogP contribution in [-0.2, 0) is 11.2 Å². The second-order valence-corrected chi connectivity index (χ2v) is 4.59. The van der Waals surface area contributed by atoms with Crippen LogP contribution in [0.3, 0.4) is 0 Å². The van der Waals surface area contributed by atoms with Gasteiger partial charge in [-0.3, -0.25) is 9.89 Å². The van der Waals surface area contributed by atoms with Crippen molar-refractivity contribution in [1.29, 1.82) is 0 Å². The number of nitrogens with one attached hydrogen (secondary N) is 1. The van der Waals surface area contributed by atoms with Gasteiger partial charge in [0.15, 0.2) is 0 Å². The van der Waals surface area contributed by atoms with Crippen molar-refractivity contribution in [2.24, 2.45) is 0 Å². The number of thioether (sulfide) groups is 1. The fourth-order valence-corrected chi connectivity index (χ4v) is 2.67. The number of amides is 1. The highest BCUT2D eigenvalue weighted by Gasteiger charge is 2.36. The van der Waals surface area contributed by atoms with Crippen LogP contribution in [0.15, 0.2) is 0 Å². The van der Waals surface area contributed by atoms with Crippen LogP contribution in [0.2, 0.25) is 0 Å². The maximum absolute atomic E-state index is 12.0. The second kappa shape index (κ2) is 4.74. The molecule has 1 aromatic rings. The van der Waals surface area contributed by atoms with Crippen LogP contribution >= 0.6 is 11.8 Å². The SMILES string of the molecule is CCc1nc(C(=O)N2CSC[C@H]2C(=O)O)n[nH]1. The van der Waals surface area contributed by atoms with E-state index in [2.05, 4.69) is 15.2 Å². The first-order valence-corrected chi connectivity index (χ1v) is 6.31. The molecule has 1 amide bonds. The molecule has 1 atom stereocenters. The molecule has 1 aliphatic heterocycles. The highest BCUT2D eigenvalue weighted by Crippen LogP contribution is 2.22. The molecular formula is C9H12N4O3S. The van der Waals surface area contributed by atoms with E-state index in [1.54, 1.807) is 0 Å². The molecule has 1 aliphatic rings. The number of carbonyl (C=O) groups is 2. The first kappa shape index (κ1) is 11.9. The number of carboxylic acid groups (broad SMARTS) is 1. The standard InChI is InChI=1S/C9H12N4O3S/c1-2-6-10-7(12-11-6)8(14)13-4-17-3-5(13)9(15)16/h5H,2-4H2,1H3,(H,15,16)(H,10,11,12)/t5-/m0/s1. The van der Waals surface area contributed by atoms with Gasteiger partial charge >= 0.3 is 5.97 Å². The van der Waals surface area contributed by atoms with Crippen molar-refractivity contribution in [3.8, 4) is 0 Å². The van der Waals surface area contributed by atoms with E-state index in [9.17, 15) is 9.59 Å². The molecule has 1 fully saturated rings.